The minimum Gasteiger partial charge on any atom is -0.317 e. The molecule has 3 heteroatoms. The van der Waals surface area contributed by atoms with Crippen molar-refractivity contribution < 1.29 is 4.39 Å². The van der Waals surface area contributed by atoms with E-state index in [1.54, 1.807) is 12.1 Å². The van der Waals surface area contributed by atoms with E-state index in [0.29, 0.717) is 6.04 Å². The number of nitrogens with one attached hydrogen (secondary N) is 1. The van der Waals surface area contributed by atoms with Gasteiger partial charge < -0.3 is 5.32 Å². The number of piperidine rings is 1. The lowest BCUT2D eigenvalue weighted by Gasteiger charge is -2.34. The minimum absolute atomic E-state index is 0.0834. The Morgan fingerprint density at radius 1 is 1.29 bits per heavy atom. The van der Waals surface area contributed by atoms with Crippen LogP contribution >= 0.6 is 0 Å². The van der Waals surface area contributed by atoms with Crippen LogP contribution in [-0.2, 0) is 6.54 Å². The fourth-order valence-electron chi connectivity index (χ4n) is 2.52. The van der Waals surface area contributed by atoms with E-state index in [-0.39, 0.29) is 5.82 Å². The van der Waals surface area contributed by atoms with Crippen LogP contribution in [0.4, 0.5) is 4.39 Å². The van der Waals surface area contributed by atoms with Gasteiger partial charge in [-0.1, -0.05) is 25.1 Å². The molecular formula is C14H21FN2. The second-order valence-electron chi connectivity index (χ2n) is 4.64. The van der Waals surface area contributed by atoms with Crippen molar-refractivity contribution in [2.45, 2.75) is 32.4 Å². The van der Waals surface area contributed by atoms with Gasteiger partial charge in [-0.3, -0.25) is 4.90 Å². The van der Waals surface area contributed by atoms with E-state index >= 15 is 0 Å². The molecule has 17 heavy (non-hydrogen) atoms. The molecule has 0 atom stereocenters. The monoisotopic (exact) mass is 236 g/mol. The molecule has 0 amide bonds. The summed E-state index contributed by atoms with van der Waals surface area (Å²) in [5, 5.41) is 3.37. The summed E-state index contributed by atoms with van der Waals surface area (Å²) in [6, 6.07) is 7.69. The van der Waals surface area contributed by atoms with E-state index in [1.807, 2.05) is 12.1 Å². The van der Waals surface area contributed by atoms with Gasteiger partial charge in [0.2, 0.25) is 0 Å². The molecule has 0 spiro atoms. The average Bonchev–Trinajstić information content (AvgIpc) is 2.39. The zero-order chi connectivity index (χ0) is 12.1. The van der Waals surface area contributed by atoms with E-state index in [2.05, 4.69) is 17.1 Å². The first kappa shape index (κ1) is 12.5. The molecule has 2 rings (SSSR count). The van der Waals surface area contributed by atoms with Crippen LogP contribution in [0.25, 0.3) is 0 Å². The molecule has 94 valence electrons. The maximum Gasteiger partial charge on any atom is 0.127 e. The van der Waals surface area contributed by atoms with E-state index < -0.39 is 0 Å². The summed E-state index contributed by atoms with van der Waals surface area (Å²) in [6.45, 7) is 6.03. The normalized spacial score (nSPS) is 17.6. The topological polar surface area (TPSA) is 15.3 Å². The van der Waals surface area contributed by atoms with Gasteiger partial charge in [0.25, 0.3) is 0 Å². The summed E-state index contributed by atoms with van der Waals surface area (Å²) >= 11 is 0. The van der Waals surface area contributed by atoms with Gasteiger partial charge in [-0.05, 0) is 38.5 Å². The first-order valence-corrected chi connectivity index (χ1v) is 6.49. The van der Waals surface area contributed by atoms with Crippen LogP contribution in [0.15, 0.2) is 24.3 Å². The van der Waals surface area contributed by atoms with Crippen molar-refractivity contribution in [1.82, 2.24) is 10.2 Å². The molecule has 0 radical (unpaired) electrons. The van der Waals surface area contributed by atoms with Crippen LogP contribution in [-0.4, -0.2) is 30.6 Å². The molecule has 1 saturated heterocycles. The van der Waals surface area contributed by atoms with Gasteiger partial charge in [0.05, 0.1) is 0 Å². The Hall–Kier alpha value is -0.930. The zero-order valence-electron chi connectivity index (χ0n) is 10.5. The Kier molecular flexibility index (Phi) is 4.51. The fourth-order valence-corrected chi connectivity index (χ4v) is 2.52. The van der Waals surface area contributed by atoms with E-state index in [9.17, 15) is 4.39 Å². The van der Waals surface area contributed by atoms with Crippen LogP contribution in [0.2, 0.25) is 0 Å². The number of hydrogen-bond acceptors (Lipinski definition) is 2. The zero-order valence-corrected chi connectivity index (χ0v) is 10.5. The molecule has 0 aromatic heterocycles. The largest absolute Gasteiger partial charge is 0.317 e. The van der Waals surface area contributed by atoms with Crippen molar-refractivity contribution in [1.29, 1.82) is 0 Å². The highest BCUT2D eigenvalue weighted by Gasteiger charge is 2.20. The highest BCUT2D eigenvalue weighted by Crippen LogP contribution is 2.16. The van der Waals surface area contributed by atoms with Crippen molar-refractivity contribution in [2.75, 3.05) is 19.6 Å². The van der Waals surface area contributed by atoms with E-state index in [1.165, 1.54) is 12.8 Å². The Balaban J connectivity index is 2.01. The maximum absolute atomic E-state index is 13.6. The molecule has 1 N–H and O–H groups in total. The standard InChI is InChI=1S/C14H21FN2/c1-2-17(13-7-9-16-10-8-13)11-12-5-3-4-6-14(12)15/h3-6,13,16H,2,7-11H2,1H3. The lowest BCUT2D eigenvalue weighted by atomic mass is 10.0. The summed E-state index contributed by atoms with van der Waals surface area (Å²) in [5.74, 6) is -0.0834. The van der Waals surface area contributed by atoms with Crippen LogP contribution in [0.3, 0.4) is 0 Å². The lowest BCUT2D eigenvalue weighted by Crippen LogP contribution is -2.42. The number of rotatable bonds is 4. The van der Waals surface area contributed by atoms with Crippen molar-refractivity contribution in [3.63, 3.8) is 0 Å². The number of nitrogens with zero attached hydrogens (tertiary/aromatic N) is 1. The van der Waals surface area contributed by atoms with E-state index in [0.717, 1.165) is 31.7 Å². The highest BCUT2D eigenvalue weighted by molar-refractivity contribution is 5.17. The van der Waals surface area contributed by atoms with Gasteiger partial charge in [-0.15, -0.1) is 0 Å². The van der Waals surface area contributed by atoms with Crippen molar-refractivity contribution in [2.24, 2.45) is 0 Å². The van der Waals surface area contributed by atoms with Crippen LogP contribution in [0, 0.1) is 5.82 Å². The van der Waals surface area contributed by atoms with Gasteiger partial charge >= 0.3 is 0 Å². The van der Waals surface area contributed by atoms with Gasteiger partial charge in [0.1, 0.15) is 5.82 Å². The Labute approximate surface area is 103 Å². The number of hydrogen-bond donors (Lipinski definition) is 1. The minimum atomic E-state index is -0.0834. The maximum atomic E-state index is 13.6. The third-order valence-corrected chi connectivity index (χ3v) is 3.56. The van der Waals surface area contributed by atoms with Gasteiger partial charge in [-0.2, -0.15) is 0 Å². The number of benzene rings is 1. The Bertz CT molecular complexity index is 348. The summed E-state index contributed by atoms with van der Waals surface area (Å²) in [5.41, 5.74) is 0.813. The molecule has 0 aliphatic carbocycles. The van der Waals surface area contributed by atoms with Crippen LogP contribution in [0.5, 0.6) is 0 Å². The van der Waals surface area contributed by atoms with Crippen LogP contribution in [0.1, 0.15) is 25.3 Å². The van der Waals surface area contributed by atoms with Crippen molar-refractivity contribution in [3.8, 4) is 0 Å². The van der Waals surface area contributed by atoms with Crippen molar-refractivity contribution in [3.05, 3.63) is 35.6 Å². The predicted octanol–water partition coefficient (Wildman–Crippen LogP) is 2.40. The molecule has 1 aromatic carbocycles. The second-order valence-corrected chi connectivity index (χ2v) is 4.64. The summed E-state index contributed by atoms with van der Waals surface area (Å²) < 4.78 is 13.6. The molecule has 1 fully saturated rings. The average molecular weight is 236 g/mol. The molecule has 1 aromatic rings. The molecular weight excluding hydrogens is 215 g/mol. The molecule has 0 unspecified atom stereocenters. The third-order valence-electron chi connectivity index (χ3n) is 3.56. The first-order valence-electron chi connectivity index (χ1n) is 6.49. The summed E-state index contributed by atoms with van der Waals surface area (Å²) in [7, 11) is 0. The molecule has 2 nitrogen and oxygen atoms in total. The smallest absolute Gasteiger partial charge is 0.127 e. The summed E-state index contributed by atoms with van der Waals surface area (Å²) in [4.78, 5) is 2.39. The summed E-state index contributed by atoms with van der Waals surface area (Å²) in [6.07, 6.45) is 2.34. The van der Waals surface area contributed by atoms with Gasteiger partial charge in [-0.25, -0.2) is 4.39 Å². The molecule has 0 bridgehead atoms. The highest BCUT2D eigenvalue weighted by atomic mass is 19.1. The van der Waals surface area contributed by atoms with Gasteiger partial charge in [0.15, 0.2) is 0 Å². The molecule has 1 aliphatic heterocycles. The van der Waals surface area contributed by atoms with E-state index in [4.69, 9.17) is 0 Å². The molecule has 1 heterocycles. The quantitative estimate of drug-likeness (QED) is 0.863. The fraction of sp³-hybridized carbons (Fsp3) is 0.571. The molecule has 0 saturated carbocycles. The Morgan fingerprint density at radius 3 is 2.65 bits per heavy atom. The van der Waals surface area contributed by atoms with Crippen molar-refractivity contribution >= 4 is 0 Å². The SMILES string of the molecule is CCN(Cc1ccccc1F)C1CCNCC1. The van der Waals surface area contributed by atoms with Crippen LogP contribution < -0.4 is 5.32 Å². The second kappa shape index (κ2) is 6.12. The van der Waals surface area contributed by atoms with Gasteiger partial charge in [0, 0.05) is 18.2 Å². The Morgan fingerprint density at radius 2 is 2.00 bits per heavy atom. The molecule has 1 aliphatic rings. The lowest BCUT2D eigenvalue weighted by molar-refractivity contribution is 0.160. The predicted molar refractivity (Wildman–Crippen MR) is 68.4 cm³/mol. The first-order chi connectivity index (χ1) is 8.31. The third kappa shape index (κ3) is 3.27. The number of halogens is 1.